The van der Waals surface area contributed by atoms with E-state index in [0.717, 1.165) is 16.9 Å². The van der Waals surface area contributed by atoms with Gasteiger partial charge in [-0.3, -0.25) is 4.79 Å². The second-order valence-electron chi connectivity index (χ2n) is 5.49. The van der Waals surface area contributed by atoms with Gasteiger partial charge in [0.1, 0.15) is 5.75 Å². The average Bonchev–Trinajstić information content (AvgIpc) is 2.59. The highest BCUT2D eigenvalue weighted by molar-refractivity contribution is 5.84. The molecule has 2 unspecified atom stereocenters. The molecule has 0 bridgehead atoms. The first kappa shape index (κ1) is 14.6. The summed E-state index contributed by atoms with van der Waals surface area (Å²) in [6.07, 6.45) is 0.698. The number of carbonyl (C=O) groups is 1. The Balaban J connectivity index is 1.64. The molecule has 1 amide bonds. The van der Waals surface area contributed by atoms with Gasteiger partial charge in [0.15, 0.2) is 0 Å². The number of hydrogen-bond donors (Lipinski definition) is 2. The molecule has 1 aliphatic rings. The zero-order valence-electron chi connectivity index (χ0n) is 12.4. The smallest absolute Gasteiger partial charge is 0.227 e. The lowest BCUT2D eigenvalue weighted by Gasteiger charge is -2.25. The molecule has 3 rings (SSSR count). The molecule has 22 heavy (non-hydrogen) atoms. The summed E-state index contributed by atoms with van der Waals surface area (Å²) < 4.78 is 5.59. The van der Waals surface area contributed by atoms with Gasteiger partial charge < -0.3 is 15.8 Å². The fraction of sp³-hybridized carbons (Fsp3) is 0.278. The molecule has 1 aliphatic heterocycles. The molecule has 0 saturated heterocycles. The molecular formula is C18H20N2O2. The number of ether oxygens (including phenoxy) is 1. The SMILES string of the molecule is NC(CNC(=O)C1CCOc2ccccc21)c1ccccc1. The predicted molar refractivity (Wildman–Crippen MR) is 85.7 cm³/mol. The minimum atomic E-state index is -0.194. The number of hydrogen-bond acceptors (Lipinski definition) is 3. The van der Waals surface area contributed by atoms with Crippen LogP contribution in [0.3, 0.4) is 0 Å². The fourth-order valence-corrected chi connectivity index (χ4v) is 2.77. The molecule has 2 aromatic rings. The van der Waals surface area contributed by atoms with Crippen LogP contribution in [-0.2, 0) is 4.79 Å². The number of benzene rings is 2. The molecule has 4 heteroatoms. The maximum absolute atomic E-state index is 12.5. The van der Waals surface area contributed by atoms with Crippen LogP contribution >= 0.6 is 0 Å². The van der Waals surface area contributed by atoms with Crippen molar-refractivity contribution in [1.82, 2.24) is 5.32 Å². The van der Waals surface area contributed by atoms with Gasteiger partial charge in [-0.2, -0.15) is 0 Å². The Morgan fingerprint density at radius 1 is 1.18 bits per heavy atom. The van der Waals surface area contributed by atoms with Crippen LogP contribution in [0.15, 0.2) is 54.6 Å². The molecule has 0 fully saturated rings. The van der Waals surface area contributed by atoms with Gasteiger partial charge in [-0.05, 0) is 18.1 Å². The minimum Gasteiger partial charge on any atom is -0.493 e. The zero-order valence-corrected chi connectivity index (χ0v) is 12.4. The van der Waals surface area contributed by atoms with Gasteiger partial charge in [0.25, 0.3) is 0 Å². The Labute approximate surface area is 130 Å². The van der Waals surface area contributed by atoms with E-state index >= 15 is 0 Å². The standard InChI is InChI=1S/C18H20N2O2/c19-16(13-6-2-1-3-7-13)12-20-18(21)15-10-11-22-17-9-5-4-8-14(15)17/h1-9,15-16H,10-12,19H2,(H,20,21). The Morgan fingerprint density at radius 3 is 2.73 bits per heavy atom. The van der Waals surface area contributed by atoms with Gasteiger partial charge in [0.2, 0.25) is 5.91 Å². The first-order valence-corrected chi connectivity index (χ1v) is 7.55. The van der Waals surface area contributed by atoms with E-state index in [2.05, 4.69) is 5.32 Å². The monoisotopic (exact) mass is 296 g/mol. The van der Waals surface area contributed by atoms with Crippen LogP contribution in [0.4, 0.5) is 0 Å². The first-order valence-electron chi connectivity index (χ1n) is 7.55. The molecule has 0 aliphatic carbocycles. The lowest BCUT2D eigenvalue weighted by molar-refractivity contribution is -0.123. The number of nitrogens with two attached hydrogens (primary N) is 1. The summed E-state index contributed by atoms with van der Waals surface area (Å²) in [5, 5.41) is 2.97. The maximum atomic E-state index is 12.5. The summed E-state index contributed by atoms with van der Waals surface area (Å²) in [7, 11) is 0. The van der Waals surface area contributed by atoms with Crippen LogP contribution < -0.4 is 15.8 Å². The second kappa shape index (κ2) is 6.62. The predicted octanol–water partition coefficient (Wildman–Crippen LogP) is 2.37. The molecule has 0 spiro atoms. The molecule has 1 heterocycles. The molecule has 2 aromatic carbocycles. The van der Waals surface area contributed by atoms with E-state index < -0.39 is 0 Å². The van der Waals surface area contributed by atoms with Crippen molar-refractivity contribution in [3.63, 3.8) is 0 Å². The molecule has 0 saturated carbocycles. The minimum absolute atomic E-state index is 0.0159. The number of nitrogens with one attached hydrogen (secondary N) is 1. The summed E-state index contributed by atoms with van der Waals surface area (Å²) in [6, 6.07) is 17.3. The maximum Gasteiger partial charge on any atom is 0.227 e. The summed E-state index contributed by atoms with van der Waals surface area (Å²) in [5.74, 6) is 0.663. The van der Waals surface area contributed by atoms with Crippen LogP contribution in [0.1, 0.15) is 29.5 Å². The molecule has 3 N–H and O–H groups in total. The summed E-state index contributed by atoms with van der Waals surface area (Å²) in [5.41, 5.74) is 8.11. The second-order valence-corrected chi connectivity index (χ2v) is 5.49. The number of rotatable bonds is 4. The quantitative estimate of drug-likeness (QED) is 0.910. The van der Waals surface area contributed by atoms with E-state index in [1.165, 1.54) is 0 Å². The Bertz CT molecular complexity index is 643. The third-order valence-corrected chi connectivity index (χ3v) is 4.00. The Hall–Kier alpha value is -2.33. The highest BCUT2D eigenvalue weighted by Crippen LogP contribution is 2.33. The molecule has 2 atom stereocenters. The van der Waals surface area contributed by atoms with E-state index in [0.29, 0.717) is 19.6 Å². The molecule has 0 aromatic heterocycles. The largest absolute Gasteiger partial charge is 0.493 e. The Morgan fingerprint density at radius 2 is 1.91 bits per heavy atom. The first-order chi connectivity index (χ1) is 10.8. The van der Waals surface area contributed by atoms with Crippen molar-refractivity contribution in [2.45, 2.75) is 18.4 Å². The van der Waals surface area contributed by atoms with E-state index in [1.807, 2.05) is 54.6 Å². The lowest BCUT2D eigenvalue weighted by atomic mass is 9.92. The topological polar surface area (TPSA) is 64.3 Å². The van der Waals surface area contributed by atoms with Gasteiger partial charge >= 0.3 is 0 Å². The van der Waals surface area contributed by atoms with Crippen LogP contribution in [0.2, 0.25) is 0 Å². The van der Waals surface area contributed by atoms with Crippen LogP contribution in [0.5, 0.6) is 5.75 Å². The van der Waals surface area contributed by atoms with Gasteiger partial charge in [-0.15, -0.1) is 0 Å². The van der Waals surface area contributed by atoms with Crippen molar-refractivity contribution in [2.24, 2.45) is 5.73 Å². The fourth-order valence-electron chi connectivity index (χ4n) is 2.77. The molecule has 0 radical (unpaired) electrons. The van der Waals surface area contributed by atoms with Crippen molar-refractivity contribution in [3.8, 4) is 5.75 Å². The van der Waals surface area contributed by atoms with E-state index in [4.69, 9.17) is 10.5 Å². The van der Waals surface area contributed by atoms with Gasteiger partial charge in [0, 0.05) is 18.2 Å². The summed E-state index contributed by atoms with van der Waals surface area (Å²) >= 11 is 0. The van der Waals surface area contributed by atoms with Crippen molar-refractivity contribution < 1.29 is 9.53 Å². The van der Waals surface area contributed by atoms with Gasteiger partial charge in [0.05, 0.1) is 12.5 Å². The molecule has 4 nitrogen and oxygen atoms in total. The summed E-state index contributed by atoms with van der Waals surface area (Å²) in [4.78, 5) is 12.5. The number of fused-ring (bicyclic) bond motifs is 1. The highest BCUT2D eigenvalue weighted by atomic mass is 16.5. The summed E-state index contributed by atoms with van der Waals surface area (Å²) in [6.45, 7) is 1.00. The van der Waals surface area contributed by atoms with Crippen molar-refractivity contribution >= 4 is 5.91 Å². The third kappa shape index (κ3) is 3.12. The van der Waals surface area contributed by atoms with Gasteiger partial charge in [-0.1, -0.05) is 48.5 Å². The average molecular weight is 296 g/mol. The Kier molecular flexibility index (Phi) is 4.39. The van der Waals surface area contributed by atoms with Crippen molar-refractivity contribution in [3.05, 3.63) is 65.7 Å². The van der Waals surface area contributed by atoms with Crippen LogP contribution in [0, 0.1) is 0 Å². The molecular weight excluding hydrogens is 276 g/mol. The highest BCUT2D eigenvalue weighted by Gasteiger charge is 2.27. The number of para-hydroxylation sites is 1. The van der Waals surface area contributed by atoms with Crippen LogP contribution in [0.25, 0.3) is 0 Å². The van der Waals surface area contributed by atoms with E-state index in [1.54, 1.807) is 0 Å². The zero-order chi connectivity index (χ0) is 15.4. The normalized spacial score (nSPS) is 18.0. The number of carbonyl (C=O) groups excluding carboxylic acids is 1. The van der Waals surface area contributed by atoms with Crippen molar-refractivity contribution in [2.75, 3.05) is 13.2 Å². The van der Waals surface area contributed by atoms with Crippen molar-refractivity contribution in [1.29, 1.82) is 0 Å². The van der Waals surface area contributed by atoms with E-state index in [9.17, 15) is 4.79 Å². The number of amides is 1. The lowest BCUT2D eigenvalue weighted by Crippen LogP contribution is -2.36. The van der Waals surface area contributed by atoms with Gasteiger partial charge in [-0.25, -0.2) is 0 Å². The van der Waals surface area contributed by atoms with E-state index in [-0.39, 0.29) is 17.9 Å². The van der Waals surface area contributed by atoms with Crippen LogP contribution in [-0.4, -0.2) is 19.1 Å². The molecule has 114 valence electrons. The third-order valence-electron chi connectivity index (χ3n) is 4.00.